The van der Waals surface area contributed by atoms with Crippen LogP contribution in [0.5, 0.6) is 0 Å². The van der Waals surface area contributed by atoms with Crippen molar-refractivity contribution in [3.05, 3.63) is 0 Å². The molecule has 0 saturated heterocycles. The Morgan fingerprint density at radius 1 is 0.812 bits per heavy atom. The van der Waals surface area contributed by atoms with Gasteiger partial charge in [-0.1, -0.05) is 13.8 Å². The van der Waals surface area contributed by atoms with Crippen LogP contribution in [0.25, 0.3) is 0 Å². The molecule has 0 aliphatic heterocycles. The number of hydrogen-bond donors (Lipinski definition) is 4. The molecule has 0 aromatic heterocycles. The average molecular weight is 230 g/mol. The summed E-state index contributed by atoms with van der Waals surface area (Å²) in [5, 5.41) is 10.2. The predicted molar refractivity (Wildman–Crippen MR) is 71.8 cm³/mol. The van der Waals surface area contributed by atoms with Crippen molar-refractivity contribution < 1.29 is 0 Å². The zero-order valence-corrected chi connectivity index (χ0v) is 11.0. The summed E-state index contributed by atoms with van der Waals surface area (Å²) in [7, 11) is 0. The van der Waals surface area contributed by atoms with Gasteiger partial charge >= 0.3 is 0 Å². The molecule has 0 radical (unpaired) electrons. The predicted octanol–water partition coefficient (Wildman–Crippen LogP) is 0.293. The highest BCUT2D eigenvalue weighted by Gasteiger charge is 1.92. The van der Waals surface area contributed by atoms with Gasteiger partial charge in [-0.15, -0.1) is 0 Å². The monoisotopic (exact) mass is 230 g/mol. The van der Waals surface area contributed by atoms with Crippen LogP contribution in [0.3, 0.4) is 0 Å². The fourth-order valence-electron chi connectivity index (χ4n) is 1.42. The molecule has 0 amide bonds. The van der Waals surface area contributed by atoms with Crippen molar-refractivity contribution in [1.29, 1.82) is 0 Å². The second-order valence-electron chi connectivity index (χ2n) is 4.46. The summed E-state index contributed by atoms with van der Waals surface area (Å²) >= 11 is 0. The van der Waals surface area contributed by atoms with Gasteiger partial charge in [-0.25, -0.2) is 0 Å². The third kappa shape index (κ3) is 13.8. The average Bonchev–Trinajstić information content (AvgIpc) is 2.25. The number of nitrogens with two attached hydrogens (primary N) is 1. The van der Waals surface area contributed by atoms with Crippen LogP contribution >= 0.6 is 0 Å². The van der Waals surface area contributed by atoms with Crippen LogP contribution in [-0.4, -0.2) is 45.3 Å². The van der Waals surface area contributed by atoms with E-state index in [0.717, 1.165) is 45.7 Å². The van der Waals surface area contributed by atoms with Gasteiger partial charge in [-0.3, -0.25) is 0 Å². The maximum Gasteiger partial charge on any atom is 0.00103 e. The molecule has 4 heteroatoms. The fraction of sp³-hybridized carbons (Fsp3) is 1.00. The van der Waals surface area contributed by atoms with Crippen LogP contribution in [0.4, 0.5) is 0 Å². The van der Waals surface area contributed by atoms with Crippen LogP contribution in [-0.2, 0) is 0 Å². The molecule has 98 valence electrons. The van der Waals surface area contributed by atoms with Gasteiger partial charge in [-0.2, -0.15) is 0 Å². The van der Waals surface area contributed by atoms with Gasteiger partial charge in [0.1, 0.15) is 0 Å². The minimum atomic E-state index is 0.603. The van der Waals surface area contributed by atoms with Crippen LogP contribution < -0.4 is 21.7 Å². The van der Waals surface area contributed by atoms with E-state index in [2.05, 4.69) is 29.8 Å². The molecule has 0 saturated carbocycles. The summed E-state index contributed by atoms with van der Waals surface area (Å²) in [6, 6.07) is 0.603. The van der Waals surface area contributed by atoms with Crippen molar-refractivity contribution in [2.75, 3.05) is 39.3 Å². The van der Waals surface area contributed by atoms with E-state index in [-0.39, 0.29) is 0 Å². The Balaban J connectivity index is 2.88. The largest absolute Gasteiger partial charge is 0.330 e. The van der Waals surface area contributed by atoms with Gasteiger partial charge in [0.25, 0.3) is 0 Å². The third-order valence-corrected chi connectivity index (χ3v) is 2.35. The standard InChI is InChI=1S/C12H30N4/c1-12(2)16-11-5-10-15-9-4-8-14-7-3-6-13/h12,14-16H,3-11,13H2,1-2H3. The minimum Gasteiger partial charge on any atom is -0.330 e. The lowest BCUT2D eigenvalue weighted by molar-refractivity contribution is 0.536. The lowest BCUT2D eigenvalue weighted by Crippen LogP contribution is -2.28. The smallest absolute Gasteiger partial charge is 0.00103 e. The van der Waals surface area contributed by atoms with Crippen molar-refractivity contribution in [3.63, 3.8) is 0 Å². The van der Waals surface area contributed by atoms with E-state index in [1.54, 1.807) is 0 Å². The van der Waals surface area contributed by atoms with Gasteiger partial charge in [0.15, 0.2) is 0 Å². The van der Waals surface area contributed by atoms with Gasteiger partial charge in [0.2, 0.25) is 0 Å². The number of rotatable bonds is 12. The SMILES string of the molecule is CC(C)NCCCNCCCNCCCN. The first-order valence-electron chi connectivity index (χ1n) is 6.62. The summed E-state index contributed by atoms with van der Waals surface area (Å²) in [5.74, 6) is 0. The normalized spacial score (nSPS) is 11.2. The Morgan fingerprint density at radius 3 is 1.81 bits per heavy atom. The molecule has 0 aromatic rings. The summed E-state index contributed by atoms with van der Waals surface area (Å²) in [4.78, 5) is 0. The molecular formula is C12H30N4. The highest BCUT2D eigenvalue weighted by atomic mass is 14.9. The number of hydrogen-bond acceptors (Lipinski definition) is 4. The topological polar surface area (TPSA) is 62.1 Å². The molecule has 0 heterocycles. The van der Waals surface area contributed by atoms with Crippen LogP contribution in [0, 0.1) is 0 Å². The Labute approximate surface area is 101 Å². The van der Waals surface area contributed by atoms with E-state index in [4.69, 9.17) is 5.73 Å². The fourth-order valence-corrected chi connectivity index (χ4v) is 1.42. The van der Waals surface area contributed by atoms with Crippen molar-refractivity contribution in [1.82, 2.24) is 16.0 Å². The van der Waals surface area contributed by atoms with E-state index in [0.29, 0.717) is 6.04 Å². The first-order chi connectivity index (χ1) is 7.77. The molecule has 0 bridgehead atoms. The Kier molecular flexibility index (Phi) is 12.8. The lowest BCUT2D eigenvalue weighted by atomic mass is 10.3. The maximum absolute atomic E-state index is 5.40. The Morgan fingerprint density at radius 2 is 1.31 bits per heavy atom. The summed E-state index contributed by atoms with van der Waals surface area (Å²) in [5.41, 5.74) is 5.40. The molecule has 4 nitrogen and oxygen atoms in total. The van der Waals surface area contributed by atoms with Crippen molar-refractivity contribution in [2.45, 2.75) is 39.2 Å². The van der Waals surface area contributed by atoms with E-state index < -0.39 is 0 Å². The minimum absolute atomic E-state index is 0.603. The second kappa shape index (κ2) is 12.9. The highest BCUT2D eigenvalue weighted by Crippen LogP contribution is 1.80. The van der Waals surface area contributed by atoms with Crippen molar-refractivity contribution in [3.8, 4) is 0 Å². The van der Waals surface area contributed by atoms with E-state index in [1.807, 2.05) is 0 Å². The van der Waals surface area contributed by atoms with Crippen LogP contribution in [0.1, 0.15) is 33.1 Å². The zero-order valence-electron chi connectivity index (χ0n) is 11.0. The first kappa shape index (κ1) is 15.8. The summed E-state index contributed by atoms with van der Waals surface area (Å²) < 4.78 is 0. The molecule has 0 aromatic carbocycles. The molecule has 0 atom stereocenters. The first-order valence-corrected chi connectivity index (χ1v) is 6.62. The third-order valence-electron chi connectivity index (χ3n) is 2.35. The van der Waals surface area contributed by atoms with Crippen molar-refractivity contribution >= 4 is 0 Å². The molecule has 0 fully saturated rings. The highest BCUT2D eigenvalue weighted by molar-refractivity contribution is 4.56. The molecule has 0 aliphatic rings. The van der Waals surface area contributed by atoms with Crippen LogP contribution in [0.15, 0.2) is 0 Å². The van der Waals surface area contributed by atoms with Crippen LogP contribution in [0.2, 0.25) is 0 Å². The van der Waals surface area contributed by atoms with E-state index in [1.165, 1.54) is 12.8 Å². The quantitative estimate of drug-likeness (QED) is 0.364. The maximum atomic E-state index is 5.40. The zero-order chi connectivity index (χ0) is 12.1. The van der Waals surface area contributed by atoms with E-state index in [9.17, 15) is 0 Å². The van der Waals surface area contributed by atoms with Gasteiger partial charge in [0, 0.05) is 6.04 Å². The molecular weight excluding hydrogens is 200 g/mol. The van der Waals surface area contributed by atoms with E-state index >= 15 is 0 Å². The van der Waals surface area contributed by atoms with Gasteiger partial charge < -0.3 is 21.7 Å². The second-order valence-corrected chi connectivity index (χ2v) is 4.46. The Bertz CT molecular complexity index is 128. The van der Waals surface area contributed by atoms with Gasteiger partial charge in [-0.05, 0) is 58.5 Å². The summed E-state index contributed by atoms with van der Waals surface area (Å²) in [6.45, 7) is 10.6. The number of nitrogens with one attached hydrogen (secondary N) is 3. The molecule has 0 unspecified atom stereocenters. The van der Waals surface area contributed by atoms with Gasteiger partial charge in [0.05, 0.1) is 0 Å². The molecule has 0 rings (SSSR count). The molecule has 0 aliphatic carbocycles. The molecule has 0 spiro atoms. The molecule has 16 heavy (non-hydrogen) atoms. The Hall–Kier alpha value is -0.160. The van der Waals surface area contributed by atoms with Crippen molar-refractivity contribution in [2.24, 2.45) is 5.73 Å². The lowest BCUT2D eigenvalue weighted by Gasteiger charge is -2.08. The summed E-state index contributed by atoms with van der Waals surface area (Å²) in [6.07, 6.45) is 3.48. The molecule has 5 N–H and O–H groups in total.